The van der Waals surface area contributed by atoms with Crippen molar-refractivity contribution in [2.45, 2.75) is 52.5 Å². The molecule has 2 heterocycles. The van der Waals surface area contributed by atoms with Crippen molar-refractivity contribution in [1.29, 1.82) is 0 Å². The topological polar surface area (TPSA) is 76.5 Å². The lowest BCUT2D eigenvalue weighted by atomic mass is 9.94. The molecule has 0 fully saturated rings. The van der Waals surface area contributed by atoms with Crippen molar-refractivity contribution in [3.63, 3.8) is 0 Å². The molecule has 0 spiro atoms. The van der Waals surface area contributed by atoms with E-state index < -0.39 is 0 Å². The quantitative estimate of drug-likeness (QED) is 0.225. The molecule has 0 atom stereocenters. The number of unbranched alkanes of at least 4 members (excludes halogenated alkanes) is 2. The summed E-state index contributed by atoms with van der Waals surface area (Å²) in [5.41, 5.74) is 8.51. The van der Waals surface area contributed by atoms with E-state index in [2.05, 4.69) is 76.1 Å². The van der Waals surface area contributed by atoms with Crippen LogP contribution in [0.1, 0.15) is 54.1 Å². The van der Waals surface area contributed by atoms with Gasteiger partial charge in [0.15, 0.2) is 0 Å². The summed E-state index contributed by atoms with van der Waals surface area (Å²) in [6.45, 7) is 4.84. The highest BCUT2D eigenvalue weighted by Gasteiger charge is 2.15. The number of nitrogens with one attached hydrogen (secondary N) is 1. The lowest BCUT2D eigenvalue weighted by Crippen LogP contribution is -2.28. The Morgan fingerprint density at radius 1 is 0.842 bits per heavy atom. The number of aromatic nitrogens is 5. The monoisotopic (exact) mass is 503 g/mol. The molecule has 6 heteroatoms. The van der Waals surface area contributed by atoms with Gasteiger partial charge in [-0.2, -0.15) is 5.21 Å². The molecular weight excluding hydrogens is 470 g/mol. The summed E-state index contributed by atoms with van der Waals surface area (Å²) in [7, 11) is 0. The normalized spacial score (nSPS) is 11.1. The molecule has 3 aromatic carbocycles. The van der Waals surface area contributed by atoms with Gasteiger partial charge < -0.3 is 4.57 Å². The van der Waals surface area contributed by atoms with Crippen LogP contribution in [-0.4, -0.2) is 25.2 Å². The molecule has 5 aromatic rings. The van der Waals surface area contributed by atoms with Gasteiger partial charge in [0.1, 0.15) is 0 Å². The van der Waals surface area contributed by atoms with Gasteiger partial charge in [-0.15, -0.1) is 10.2 Å². The largest absolute Gasteiger partial charge is 0.308 e. The molecule has 0 radical (unpaired) electrons. The Bertz CT molecular complexity index is 1540. The van der Waals surface area contributed by atoms with Gasteiger partial charge in [0.25, 0.3) is 5.56 Å². The summed E-state index contributed by atoms with van der Waals surface area (Å²) in [6.07, 6.45) is 4.97. The van der Waals surface area contributed by atoms with Gasteiger partial charge in [-0.3, -0.25) is 4.79 Å². The number of aromatic amines is 1. The standard InChI is InChI=1S/C32H33N5O/c1-3-4-6-13-27-20-23(2)37(22-25-11-7-5-8-12-25)32(38)30(27)21-24-16-18-26(19-17-24)28-14-9-10-15-29(28)31-33-35-36-34-31/h5,7-12,14-20H,3-4,6,13,21-22H2,1-2H3,(H,33,34,35,36). The first-order valence-electron chi connectivity index (χ1n) is 13.3. The Hall–Kier alpha value is -4.32. The molecule has 0 saturated heterocycles. The van der Waals surface area contributed by atoms with Crippen LogP contribution in [-0.2, 0) is 19.4 Å². The van der Waals surface area contributed by atoms with Crippen LogP contribution in [0.5, 0.6) is 0 Å². The van der Waals surface area contributed by atoms with Crippen LogP contribution in [0.15, 0.2) is 89.7 Å². The van der Waals surface area contributed by atoms with E-state index >= 15 is 0 Å². The second kappa shape index (κ2) is 11.8. The van der Waals surface area contributed by atoms with Crippen LogP contribution in [0, 0.1) is 6.92 Å². The van der Waals surface area contributed by atoms with Crippen LogP contribution in [0.25, 0.3) is 22.5 Å². The highest BCUT2D eigenvalue weighted by Crippen LogP contribution is 2.30. The van der Waals surface area contributed by atoms with Gasteiger partial charge in [0.2, 0.25) is 5.82 Å². The summed E-state index contributed by atoms with van der Waals surface area (Å²) in [5.74, 6) is 0.569. The van der Waals surface area contributed by atoms with E-state index in [1.54, 1.807) is 0 Å². The first-order chi connectivity index (χ1) is 18.6. The fourth-order valence-electron chi connectivity index (χ4n) is 5.03. The third kappa shape index (κ3) is 5.65. The Kier molecular flexibility index (Phi) is 7.88. The van der Waals surface area contributed by atoms with Gasteiger partial charge in [-0.05, 0) is 58.9 Å². The number of benzene rings is 3. The van der Waals surface area contributed by atoms with Crippen molar-refractivity contribution in [3.05, 3.63) is 123 Å². The summed E-state index contributed by atoms with van der Waals surface area (Å²) in [6, 6.07) is 28.9. The zero-order valence-electron chi connectivity index (χ0n) is 22.0. The average Bonchev–Trinajstić information content (AvgIpc) is 3.49. The molecular formula is C32H33N5O. The SMILES string of the molecule is CCCCCc1cc(C)n(Cc2ccccc2)c(=O)c1Cc1ccc(-c2ccccc2-c2nn[nH]n2)cc1. The van der Waals surface area contributed by atoms with E-state index in [4.69, 9.17) is 0 Å². The smallest absolute Gasteiger partial charge is 0.254 e. The highest BCUT2D eigenvalue weighted by molar-refractivity contribution is 5.80. The first kappa shape index (κ1) is 25.3. The molecule has 0 aliphatic carbocycles. The molecule has 0 amide bonds. The van der Waals surface area contributed by atoms with E-state index in [1.807, 2.05) is 47.9 Å². The van der Waals surface area contributed by atoms with Gasteiger partial charge in [0, 0.05) is 23.2 Å². The molecule has 0 saturated carbocycles. The number of rotatable bonds is 10. The minimum absolute atomic E-state index is 0.117. The van der Waals surface area contributed by atoms with E-state index in [9.17, 15) is 4.79 Å². The zero-order chi connectivity index (χ0) is 26.3. The van der Waals surface area contributed by atoms with Crippen molar-refractivity contribution in [1.82, 2.24) is 25.2 Å². The number of nitrogens with zero attached hydrogens (tertiary/aromatic N) is 4. The molecule has 0 aliphatic heterocycles. The van der Waals surface area contributed by atoms with Crippen LogP contribution in [0.3, 0.4) is 0 Å². The Balaban J connectivity index is 1.47. The summed E-state index contributed by atoms with van der Waals surface area (Å²) >= 11 is 0. The van der Waals surface area contributed by atoms with Gasteiger partial charge >= 0.3 is 0 Å². The Morgan fingerprint density at radius 2 is 1.58 bits per heavy atom. The van der Waals surface area contributed by atoms with E-state index in [0.717, 1.165) is 58.3 Å². The van der Waals surface area contributed by atoms with Crippen LogP contribution < -0.4 is 5.56 Å². The number of hydrogen-bond acceptors (Lipinski definition) is 4. The highest BCUT2D eigenvalue weighted by atomic mass is 16.1. The van der Waals surface area contributed by atoms with E-state index in [0.29, 0.717) is 18.8 Å². The second-order valence-electron chi connectivity index (χ2n) is 9.78. The summed E-state index contributed by atoms with van der Waals surface area (Å²) < 4.78 is 1.92. The third-order valence-corrected chi connectivity index (χ3v) is 7.09. The summed E-state index contributed by atoms with van der Waals surface area (Å²) in [4.78, 5) is 13.9. The zero-order valence-corrected chi connectivity index (χ0v) is 22.0. The van der Waals surface area contributed by atoms with E-state index in [1.165, 1.54) is 12.0 Å². The van der Waals surface area contributed by atoms with E-state index in [-0.39, 0.29) is 5.56 Å². The minimum atomic E-state index is 0.117. The van der Waals surface area contributed by atoms with Gasteiger partial charge in [-0.1, -0.05) is 98.6 Å². The number of H-pyrrole nitrogens is 1. The average molecular weight is 504 g/mol. The van der Waals surface area contributed by atoms with Gasteiger partial charge in [0.05, 0.1) is 6.54 Å². The molecule has 38 heavy (non-hydrogen) atoms. The second-order valence-corrected chi connectivity index (χ2v) is 9.78. The predicted octanol–water partition coefficient (Wildman–Crippen LogP) is 6.38. The first-order valence-corrected chi connectivity index (χ1v) is 13.3. The third-order valence-electron chi connectivity index (χ3n) is 7.09. The molecule has 0 bridgehead atoms. The molecule has 6 nitrogen and oxygen atoms in total. The molecule has 192 valence electrons. The van der Waals surface area contributed by atoms with Crippen molar-refractivity contribution in [3.8, 4) is 22.5 Å². The Labute approximate surface area is 223 Å². The molecule has 1 N–H and O–H groups in total. The maximum atomic E-state index is 13.9. The molecule has 0 unspecified atom stereocenters. The molecule has 2 aromatic heterocycles. The maximum absolute atomic E-state index is 13.9. The van der Waals surface area contributed by atoms with Crippen molar-refractivity contribution < 1.29 is 0 Å². The lowest BCUT2D eigenvalue weighted by Gasteiger charge is -2.17. The number of pyridine rings is 1. The maximum Gasteiger partial charge on any atom is 0.254 e. The fraction of sp³-hybridized carbons (Fsp3) is 0.250. The van der Waals surface area contributed by atoms with Crippen LogP contribution in [0.2, 0.25) is 0 Å². The fourth-order valence-corrected chi connectivity index (χ4v) is 5.03. The molecule has 5 rings (SSSR count). The van der Waals surface area contributed by atoms with Crippen LogP contribution >= 0.6 is 0 Å². The van der Waals surface area contributed by atoms with Crippen molar-refractivity contribution in [2.24, 2.45) is 0 Å². The van der Waals surface area contributed by atoms with Crippen molar-refractivity contribution >= 4 is 0 Å². The van der Waals surface area contributed by atoms with Crippen LogP contribution in [0.4, 0.5) is 0 Å². The van der Waals surface area contributed by atoms with Crippen molar-refractivity contribution in [2.75, 3.05) is 0 Å². The predicted molar refractivity (Wildman–Crippen MR) is 152 cm³/mol. The molecule has 0 aliphatic rings. The summed E-state index contributed by atoms with van der Waals surface area (Å²) in [5, 5.41) is 14.6. The number of hydrogen-bond donors (Lipinski definition) is 1. The number of aryl methyl sites for hydroxylation is 2. The van der Waals surface area contributed by atoms with Gasteiger partial charge in [-0.25, -0.2) is 0 Å². The Morgan fingerprint density at radius 3 is 2.29 bits per heavy atom. The number of tetrazole rings is 1. The minimum Gasteiger partial charge on any atom is -0.308 e. The lowest BCUT2D eigenvalue weighted by molar-refractivity contribution is 0.687.